The van der Waals surface area contributed by atoms with Crippen LogP contribution in [-0.2, 0) is 20.1 Å². The minimum absolute atomic E-state index is 0.00692. The third kappa shape index (κ3) is 3.72. The highest BCUT2D eigenvalue weighted by atomic mass is 16.5. The second kappa shape index (κ2) is 7.31. The van der Waals surface area contributed by atoms with Gasteiger partial charge in [0.1, 0.15) is 11.3 Å². The maximum Gasteiger partial charge on any atom is 0.260 e. The number of benzene rings is 1. The molecule has 0 bridgehead atoms. The van der Waals surface area contributed by atoms with Crippen LogP contribution in [0.1, 0.15) is 40.7 Å². The number of hydrogen-bond acceptors (Lipinski definition) is 5. The van der Waals surface area contributed by atoms with Gasteiger partial charge in [-0.1, -0.05) is 42.3 Å². The van der Waals surface area contributed by atoms with E-state index in [1.54, 1.807) is 10.9 Å². The second-order valence-electron chi connectivity index (χ2n) is 7.87. The summed E-state index contributed by atoms with van der Waals surface area (Å²) in [6.07, 6.45) is 7.25. The van der Waals surface area contributed by atoms with Crippen molar-refractivity contribution in [2.24, 2.45) is 13.0 Å². The van der Waals surface area contributed by atoms with Crippen molar-refractivity contribution in [3.05, 3.63) is 59.4 Å². The van der Waals surface area contributed by atoms with Gasteiger partial charge in [-0.3, -0.25) is 9.48 Å². The van der Waals surface area contributed by atoms with E-state index in [1.807, 2.05) is 48.5 Å². The monoisotopic (exact) mass is 389 g/mol. The first-order chi connectivity index (χ1) is 14.2. The summed E-state index contributed by atoms with van der Waals surface area (Å²) < 4.78 is 7.54. The van der Waals surface area contributed by atoms with E-state index in [1.165, 1.54) is 12.8 Å². The smallest absolute Gasteiger partial charge is 0.260 e. The Balaban J connectivity index is 1.27. The van der Waals surface area contributed by atoms with Gasteiger partial charge in [0.2, 0.25) is 5.88 Å². The van der Waals surface area contributed by atoms with Gasteiger partial charge in [-0.05, 0) is 29.5 Å². The van der Waals surface area contributed by atoms with Crippen LogP contribution in [0.3, 0.4) is 0 Å². The number of amides is 1. The van der Waals surface area contributed by atoms with E-state index in [2.05, 4.69) is 15.3 Å². The minimum Gasteiger partial charge on any atom is -0.477 e. The molecule has 0 spiro atoms. The highest BCUT2D eigenvalue weighted by Gasteiger charge is 2.32. The van der Waals surface area contributed by atoms with Crippen LogP contribution in [0.4, 0.5) is 0 Å². The SMILES string of the molecule is Cn1cc(-c2ccc(CN3Cc4ccnc(OCCC5CC5)c4C3=O)cc2)nn1. The van der Waals surface area contributed by atoms with Crippen LogP contribution in [0.25, 0.3) is 11.3 Å². The first-order valence-corrected chi connectivity index (χ1v) is 10.0. The number of pyridine rings is 1. The molecule has 1 aromatic carbocycles. The fourth-order valence-corrected chi connectivity index (χ4v) is 3.72. The number of fused-ring (bicyclic) bond motifs is 1. The number of ether oxygens (including phenoxy) is 1. The molecule has 1 fully saturated rings. The zero-order chi connectivity index (χ0) is 19.8. The number of nitrogens with zero attached hydrogens (tertiary/aromatic N) is 5. The van der Waals surface area contributed by atoms with E-state index < -0.39 is 0 Å². The quantitative estimate of drug-likeness (QED) is 0.620. The van der Waals surface area contributed by atoms with Crippen molar-refractivity contribution in [3.63, 3.8) is 0 Å². The Morgan fingerprint density at radius 1 is 1.17 bits per heavy atom. The van der Waals surface area contributed by atoms with Crippen LogP contribution in [0, 0.1) is 5.92 Å². The van der Waals surface area contributed by atoms with Crippen LogP contribution in [0.15, 0.2) is 42.7 Å². The summed E-state index contributed by atoms with van der Waals surface area (Å²) in [7, 11) is 1.85. The molecule has 0 radical (unpaired) electrons. The molecule has 3 heterocycles. The molecule has 0 unspecified atom stereocenters. The average Bonchev–Trinajstić information content (AvgIpc) is 3.36. The van der Waals surface area contributed by atoms with E-state index in [4.69, 9.17) is 4.74 Å². The van der Waals surface area contributed by atoms with Crippen LogP contribution < -0.4 is 4.74 Å². The number of carbonyl (C=O) groups excluding carboxylic acids is 1. The predicted octanol–water partition coefficient (Wildman–Crippen LogP) is 3.21. The lowest BCUT2D eigenvalue weighted by Gasteiger charge is -2.16. The zero-order valence-corrected chi connectivity index (χ0v) is 16.4. The molecule has 3 aromatic rings. The van der Waals surface area contributed by atoms with Crippen LogP contribution in [-0.4, -0.2) is 37.4 Å². The van der Waals surface area contributed by atoms with Gasteiger partial charge in [0.15, 0.2) is 0 Å². The van der Waals surface area contributed by atoms with Gasteiger partial charge in [0, 0.05) is 31.9 Å². The molecule has 0 saturated heterocycles. The molecule has 148 valence electrons. The molecule has 1 aliphatic carbocycles. The van der Waals surface area contributed by atoms with Crippen molar-refractivity contribution in [2.75, 3.05) is 6.61 Å². The largest absolute Gasteiger partial charge is 0.477 e. The van der Waals surface area contributed by atoms with Crippen molar-refractivity contribution < 1.29 is 9.53 Å². The molecule has 1 saturated carbocycles. The average molecular weight is 389 g/mol. The van der Waals surface area contributed by atoms with E-state index in [0.717, 1.165) is 34.7 Å². The Morgan fingerprint density at radius 2 is 2.00 bits per heavy atom. The van der Waals surface area contributed by atoms with Crippen LogP contribution in [0.5, 0.6) is 5.88 Å². The van der Waals surface area contributed by atoms with Gasteiger partial charge in [-0.2, -0.15) is 0 Å². The van der Waals surface area contributed by atoms with Crippen molar-refractivity contribution in [1.29, 1.82) is 0 Å². The van der Waals surface area contributed by atoms with Gasteiger partial charge in [-0.15, -0.1) is 5.10 Å². The van der Waals surface area contributed by atoms with E-state index >= 15 is 0 Å². The molecule has 7 nitrogen and oxygen atoms in total. The number of hydrogen-bond donors (Lipinski definition) is 0. The minimum atomic E-state index is -0.00692. The van der Waals surface area contributed by atoms with Crippen molar-refractivity contribution in [1.82, 2.24) is 24.9 Å². The van der Waals surface area contributed by atoms with Gasteiger partial charge >= 0.3 is 0 Å². The van der Waals surface area contributed by atoms with Crippen molar-refractivity contribution >= 4 is 5.91 Å². The molecule has 2 aromatic heterocycles. The lowest BCUT2D eigenvalue weighted by molar-refractivity contribution is 0.0763. The standard InChI is InChI=1S/C22H23N5O2/c1-26-14-19(24-25-26)17-6-4-16(5-7-17)12-27-13-18-8-10-23-21(20(18)22(27)28)29-11-9-15-2-3-15/h4-8,10,14-15H,2-3,9,11-13H2,1H3. The molecular weight excluding hydrogens is 366 g/mol. The first-order valence-electron chi connectivity index (χ1n) is 10.0. The second-order valence-corrected chi connectivity index (χ2v) is 7.87. The Morgan fingerprint density at radius 3 is 2.72 bits per heavy atom. The summed E-state index contributed by atoms with van der Waals surface area (Å²) in [6, 6.07) is 10.0. The van der Waals surface area contributed by atoms with Gasteiger partial charge in [0.25, 0.3) is 5.91 Å². The third-order valence-electron chi connectivity index (χ3n) is 5.55. The summed E-state index contributed by atoms with van der Waals surface area (Å²) in [5.41, 5.74) is 4.53. The lowest BCUT2D eigenvalue weighted by atomic mass is 10.1. The summed E-state index contributed by atoms with van der Waals surface area (Å²) >= 11 is 0. The summed E-state index contributed by atoms with van der Waals surface area (Å²) in [5, 5.41) is 8.10. The fraction of sp³-hybridized carbons (Fsp3) is 0.364. The predicted molar refractivity (Wildman–Crippen MR) is 107 cm³/mol. The van der Waals surface area contributed by atoms with Gasteiger partial charge in [0.05, 0.1) is 12.8 Å². The molecular formula is C22H23N5O2. The van der Waals surface area contributed by atoms with E-state index in [0.29, 0.717) is 31.1 Å². The molecule has 5 rings (SSSR count). The number of aryl methyl sites for hydroxylation is 1. The molecule has 2 aliphatic rings. The van der Waals surface area contributed by atoms with E-state index in [-0.39, 0.29) is 5.91 Å². The molecule has 29 heavy (non-hydrogen) atoms. The summed E-state index contributed by atoms with van der Waals surface area (Å²) in [6.45, 7) is 1.77. The number of carbonyl (C=O) groups is 1. The van der Waals surface area contributed by atoms with Crippen LogP contribution in [0.2, 0.25) is 0 Å². The van der Waals surface area contributed by atoms with Crippen molar-refractivity contribution in [2.45, 2.75) is 32.4 Å². The Kier molecular flexibility index (Phi) is 4.50. The fourth-order valence-electron chi connectivity index (χ4n) is 3.72. The zero-order valence-electron chi connectivity index (χ0n) is 16.4. The molecule has 7 heteroatoms. The third-order valence-corrected chi connectivity index (χ3v) is 5.55. The van der Waals surface area contributed by atoms with Crippen LogP contribution >= 0.6 is 0 Å². The maximum absolute atomic E-state index is 13.0. The van der Waals surface area contributed by atoms with Gasteiger partial charge < -0.3 is 9.64 Å². The normalized spacial score (nSPS) is 15.6. The number of aromatic nitrogens is 4. The highest BCUT2D eigenvalue weighted by molar-refractivity contribution is 6.00. The molecule has 1 aliphatic heterocycles. The van der Waals surface area contributed by atoms with E-state index in [9.17, 15) is 4.79 Å². The maximum atomic E-state index is 13.0. The number of rotatable bonds is 7. The lowest BCUT2D eigenvalue weighted by Crippen LogP contribution is -2.23. The molecule has 1 amide bonds. The highest BCUT2D eigenvalue weighted by Crippen LogP contribution is 2.34. The summed E-state index contributed by atoms with van der Waals surface area (Å²) in [4.78, 5) is 19.2. The topological polar surface area (TPSA) is 73.1 Å². The first kappa shape index (κ1) is 17.8. The summed E-state index contributed by atoms with van der Waals surface area (Å²) in [5.74, 6) is 1.27. The Bertz CT molecular complexity index is 1040. The van der Waals surface area contributed by atoms with Gasteiger partial charge in [-0.25, -0.2) is 4.98 Å². The Labute approximate surface area is 169 Å². The molecule has 0 atom stereocenters. The van der Waals surface area contributed by atoms with Crippen molar-refractivity contribution in [3.8, 4) is 17.1 Å². The molecule has 0 N–H and O–H groups in total. The Hall–Kier alpha value is -3.22.